The van der Waals surface area contributed by atoms with E-state index >= 15 is 0 Å². The van der Waals surface area contributed by atoms with Gasteiger partial charge in [-0.1, -0.05) is 0 Å². The molecule has 1 aliphatic carbocycles. The molecule has 1 aliphatic rings. The fourth-order valence-corrected chi connectivity index (χ4v) is 3.47. The predicted octanol–water partition coefficient (Wildman–Crippen LogP) is 0.336. The SMILES string of the molecule is CC(C)(C)NS(=O)(=O)NC(C)(CN)C1CC1. The lowest BCUT2D eigenvalue weighted by atomic mass is 9.98. The third kappa shape index (κ3) is 4.01. The molecule has 0 bridgehead atoms. The van der Waals surface area contributed by atoms with Crippen molar-refractivity contribution in [1.82, 2.24) is 9.44 Å². The summed E-state index contributed by atoms with van der Waals surface area (Å²) < 4.78 is 29.0. The number of nitrogens with one attached hydrogen (secondary N) is 2. The molecule has 6 heteroatoms. The molecular formula is C10H23N3O2S. The predicted molar refractivity (Wildman–Crippen MR) is 65.1 cm³/mol. The summed E-state index contributed by atoms with van der Waals surface area (Å²) in [6, 6.07) is 0. The summed E-state index contributed by atoms with van der Waals surface area (Å²) in [4.78, 5) is 0. The zero-order chi connectivity index (χ0) is 12.6. The molecule has 0 aromatic carbocycles. The minimum absolute atomic E-state index is 0.322. The monoisotopic (exact) mass is 249 g/mol. The van der Waals surface area contributed by atoms with Gasteiger partial charge in [0.15, 0.2) is 0 Å². The quantitative estimate of drug-likeness (QED) is 0.657. The van der Waals surface area contributed by atoms with Crippen LogP contribution >= 0.6 is 0 Å². The first-order valence-corrected chi connectivity index (χ1v) is 7.09. The van der Waals surface area contributed by atoms with Gasteiger partial charge in [-0.2, -0.15) is 17.9 Å². The smallest absolute Gasteiger partial charge is 0.277 e. The molecule has 0 aromatic rings. The van der Waals surface area contributed by atoms with Gasteiger partial charge in [0, 0.05) is 17.6 Å². The highest BCUT2D eigenvalue weighted by atomic mass is 32.2. The van der Waals surface area contributed by atoms with Crippen LogP contribution in [0.3, 0.4) is 0 Å². The molecule has 1 unspecified atom stereocenters. The summed E-state index contributed by atoms with van der Waals surface area (Å²) in [7, 11) is -3.49. The lowest BCUT2D eigenvalue weighted by Crippen LogP contribution is -2.58. The molecule has 0 aromatic heterocycles. The van der Waals surface area contributed by atoms with Gasteiger partial charge in [0.05, 0.1) is 0 Å². The average Bonchev–Trinajstić information content (AvgIpc) is 2.79. The van der Waals surface area contributed by atoms with E-state index in [0.29, 0.717) is 12.5 Å². The highest BCUT2D eigenvalue weighted by Gasteiger charge is 2.43. The molecule has 0 radical (unpaired) electrons. The van der Waals surface area contributed by atoms with E-state index in [-0.39, 0.29) is 0 Å². The molecule has 1 atom stereocenters. The van der Waals surface area contributed by atoms with Gasteiger partial charge in [-0.05, 0) is 46.5 Å². The van der Waals surface area contributed by atoms with E-state index in [0.717, 1.165) is 12.8 Å². The number of nitrogens with two attached hydrogens (primary N) is 1. The summed E-state index contributed by atoms with van der Waals surface area (Å²) >= 11 is 0. The van der Waals surface area contributed by atoms with Gasteiger partial charge in [0.2, 0.25) is 0 Å². The van der Waals surface area contributed by atoms with E-state index in [4.69, 9.17) is 5.73 Å². The highest BCUT2D eigenvalue weighted by Crippen LogP contribution is 2.39. The van der Waals surface area contributed by atoms with Crippen molar-refractivity contribution in [2.75, 3.05) is 6.54 Å². The maximum Gasteiger partial charge on any atom is 0.277 e. The summed E-state index contributed by atoms with van der Waals surface area (Å²) in [5, 5.41) is 0. The van der Waals surface area contributed by atoms with Gasteiger partial charge in [-0.25, -0.2) is 0 Å². The van der Waals surface area contributed by atoms with E-state index in [2.05, 4.69) is 9.44 Å². The van der Waals surface area contributed by atoms with Crippen LogP contribution in [0.25, 0.3) is 0 Å². The fourth-order valence-electron chi connectivity index (χ4n) is 1.75. The zero-order valence-corrected chi connectivity index (χ0v) is 11.3. The van der Waals surface area contributed by atoms with Crippen LogP contribution in [0, 0.1) is 5.92 Å². The Morgan fingerprint density at radius 3 is 2.00 bits per heavy atom. The van der Waals surface area contributed by atoms with E-state index in [1.165, 1.54) is 0 Å². The summed E-state index contributed by atoms with van der Waals surface area (Å²) in [6.07, 6.45) is 2.09. The Balaban J connectivity index is 2.71. The first kappa shape index (κ1) is 13.9. The van der Waals surface area contributed by atoms with Gasteiger partial charge in [-0.3, -0.25) is 0 Å². The van der Waals surface area contributed by atoms with Gasteiger partial charge >= 0.3 is 0 Å². The van der Waals surface area contributed by atoms with Gasteiger partial charge in [0.25, 0.3) is 10.2 Å². The lowest BCUT2D eigenvalue weighted by Gasteiger charge is -2.31. The summed E-state index contributed by atoms with van der Waals surface area (Å²) in [6.45, 7) is 7.62. The largest absolute Gasteiger partial charge is 0.329 e. The minimum atomic E-state index is -3.49. The second-order valence-corrected chi connectivity index (χ2v) is 7.27. The number of rotatable bonds is 5. The first-order valence-electron chi connectivity index (χ1n) is 5.61. The maximum atomic E-state index is 11.9. The molecule has 4 N–H and O–H groups in total. The molecule has 1 fully saturated rings. The van der Waals surface area contributed by atoms with Crippen molar-refractivity contribution in [1.29, 1.82) is 0 Å². The molecule has 1 saturated carbocycles. The molecule has 0 spiro atoms. The third-order valence-electron chi connectivity index (χ3n) is 2.71. The van der Waals surface area contributed by atoms with Crippen molar-refractivity contribution in [3.8, 4) is 0 Å². The molecule has 0 saturated heterocycles. The standard InChI is InChI=1S/C10H23N3O2S/c1-9(2,3)12-16(14,15)13-10(4,7-11)8-5-6-8/h8,12-13H,5-7,11H2,1-4H3. The minimum Gasteiger partial charge on any atom is -0.329 e. The molecule has 1 rings (SSSR count). The Morgan fingerprint density at radius 1 is 1.19 bits per heavy atom. The highest BCUT2D eigenvalue weighted by molar-refractivity contribution is 7.87. The van der Waals surface area contributed by atoms with Crippen LogP contribution in [0.2, 0.25) is 0 Å². The molecule has 96 valence electrons. The van der Waals surface area contributed by atoms with Crippen molar-refractivity contribution in [3.05, 3.63) is 0 Å². The second-order valence-electron chi connectivity index (χ2n) is 5.85. The van der Waals surface area contributed by atoms with E-state index < -0.39 is 21.3 Å². The number of hydrogen-bond acceptors (Lipinski definition) is 3. The van der Waals surface area contributed by atoms with Crippen LogP contribution in [0.4, 0.5) is 0 Å². The Hall–Kier alpha value is -0.170. The number of hydrogen-bond donors (Lipinski definition) is 3. The maximum absolute atomic E-state index is 11.9. The van der Waals surface area contributed by atoms with Crippen molar-refractivity contribution in [2.45, 2.75) is 51.6 Å². The average molecular weight is 249 g/mol. The van der Waals surface area contributed by atoms with Crippen molar-refractivity contribution >= 4 is 10.2 Å². The van der Waals surface area contributed by atoms with Crippen LogP contribution in [-0.2, 0) is 10.2 Å². The van der Waals surface area contributed by atoms with Crippen molar-refractivity contribution in [2.24, 2.45) is 11.7 Å². The van der Waals surface area contributed by atoms with Crippen molar-refractivity contribution in [3.63, 3.8) is 0 Å². The van der Waals surface area contributed by atoms with E-state index in [1.807, 2.05) is 27.7 Å². The van der Waals surface area contributed by atoms with E-state index in [1.54, 1.807) is 0 Å². The zero-order valence-electron chi connectivity index (χ0n) is 10.5. The third-order valence-corrected chi connectivity index (χ3v) is 4.33. The normalized spacial score (nSPS) is 21.8. The van der Waals surface area contributed by atoms with Crippen LogP contribution < -0.4 is 15.2 Å². The Bertz CT molecular complexity index is 344. The Kier molecular flexibility index (Phi) is 3.69. The van der Waals surface area contributed by atoms with Gasteiger partial charge in [-0.15, -0.1) is 0 Å². The van der Waals surface area contributed by atoms with Crippen LogP contribution in [0.1, 0.15) is 40.5 Å². The van der Waals surface area contributed by atoms with Crippen LogP contribution in [-0.4, -0.2) is 26.0 Å². The van der Waals surface area contributed by atoms with Crippen molar-refractivity contribution < 1.29 is 8.42 Å². The Morgan fingerprint density at radius 2 is 1.69 bits per heavy atom. The lowest BCUT2D eigenvalue weighted by molar-refractivity contribution is 0.366. The molecule has 16 heavy (non-hydrogen) atoms. The molecule has 0 heterocycles. The van der Waals surface area contributed by atoms with Crippen LogP contribution in [0.15, 0.2) is 0 Å². The molecule has 0 aliphatic heterocycles. The topological polar surface area (TPSA) is 84.2 Å². The summed E-state index contributed by atoms with van der Waals surface area (Å²) in [5.74, 6) is 0.369. The Labute approximate surface area is 98.4 Å². The summed E-state index contributed by atoms with van der Waals surface area (Å²) in [5.41, 5.74) is 4.67. The van der Waals surface area contributed by atoms with E-state index in [9.17, 15) is 8.42 Å². The molecular weight excluding hydrogens is 226 g/mol. The second kappa shape index (κ2) is 4.25. The first-order chi connectivity index (χ1) is 7.08. The van der Waals surface area contributed by atoms with Crippen LogP contribution in [0.5, 0.6) is 0 Å². The fraction of sp³-hybridized carbons (Fsp3) is 1.00. The van der Waals surface area contributed by atoms with Gasteiger partial charge in [0.1, 0.15) is 0 Å². The van der Waals surface area contributed by atoms with Gasteiger partial charge < -0.3 is 5.73 Å². The molecule has 0 amide bonds. The molecule has 5 nitrogen and oxygen atoms in total.